The fourth-order valence-electron chi connectivity index (χ4n) is 1.50. The molecule has 0 heterocycles. The van der Waals surface area contributed by atoms with Crippen molar-refractivity contribution >= 4 is 0 Å². The van der Waals surface area contributed by atoms with Crippen LogP contribution in [0.3, 0.4) is 0 Å². The summed E-state index contributed by atoms with van der Waals surface area (Å²) in [7, 11) is 2.96. The van der Waals surface area contributed by atoms with E-state index in [1.54, 1.807) is 18.2 Å². The molecule has 0 fully saturated rings. The summed E-state index contributed by atoms with van der Waals surface area (Å²) in [5.41, 5.74) is 0.550. The molecule has 1 aromatic rings. The Labute approximate surface area is 94.8 Å². The first-order valence-electron chi connectivity index (χ1n) is 5.17. The zero-order chi connectivity index (χ0) is 12.0. The molecule has 0 aromatic heterocycles. The highest BCUT2D eigenvalue weighted by Crippen LogP contribution is 2.21. The molecule has 0 aliphatic rings. The molecule has 0 spiro atoms. The van der Waals surface area contributed by atoms with Crippen molar-refractivity contribution in [3.05, 3.63) is 29.6 Å². The summed E-state index contributed by atoms with van der Waals surface area (Å²) < 4.78 is 23.3. The molecular formula is C12H17FO3. The maximum atomic E-state index is 13.7. The number of methoxy groups -OCH3 is 2. The van der Waals surface area contributed by atoms with Crippen LogP contribution in [0.1, 0.15) is 12.0 Å². The van der Waals surface area contributed by atoms with Crippen molar-refractivity contribution in [1.82, 2.24) is 0 Å². The molecule has 1 atom stereocenters. The third kappa shape index (κ3) is 3.47. The Balaban J connectivity index is 2.60. The summed E-state index contributed by atoms with van der Waals surface area (Å²) in [6, 6.07) is 5.00. The zero-order valence-electron chi connectivity index (χ0n) is 9.57. The number of hydrogen-bond donors (Lipinski definition) is 1. The average Bonchev–Trinajstić information content (AvgIpc) is 2.28. The van der Waals surface area contributed by atoms with Gasteiger partial charge in [-0.3, -0.25) is 0 Å². The molecule has 3 nitrogen and oxygen atoms in total. The second-order valence-electron chi connectivity index (χ2n) is 3.58. The summed E-state index contributed by atoms with van der Waals surface area (Å²) in [4.78, 5) is 0. The van der Waals surface area contributed by atoms with E-state index < -0.39 is 6.10 Å². The second-order valence-corrected chi connectivity index (χ2v) is 3.58. The zero-order valence-corrected chi connectivity index (χ0v) is 9.57. The second kappa shape index (κ2) is 6.45. The molecule has 16 heavy (non-hydrogen) atoms. The van der Waals surface area contributed by atoms with E-state index in [4.69, 9.17) is 9.47 Å². The summed E-state index contributed by atoms with van der Waals surface area (Å²) in [5, 5.41) is 9.45. The van der Waals surface area contributed by atoms with Gasteiger partial charge in [0.1, 0.15) is 0 Å². The predicted molar refractivity (Wildman–Crippen MR) is 59.2 cm³/mol. The van der Waals surface area contributed by atoms with E-state index in [1.165, 1.54) is 14.2 Å². The van der Waals surface area contributed by atoms with Crippen LogP contribution in [0.2, 0.25) is 0 Å². The lowest BCUT2D eigenvalue weighted by Gasteiger charge is -2.10. The Bertz CT molecular complexity index is 328. The number of aliphatic hydroxyl groups excluding tert-OH is 1. The molecule has 0 amide bonds. The van der Waals surface area contributed by atoms with E-state index in [1.807, 2.05) is 0 Å². The Kier molecular flexibility index (Phi) is 5.22. The van der Waals surface area contributed by atoms with Gasteiger partial charge < -0.3 is 14.6 Å². The van der Waals surface area contributed by atoms with Crippen LogP contribution in [0.15, 0.2) is 18.2 Å². The SMILES string of the molecule is COCC(O)CCc1cccc(OC)c1F. The van der Waals surface area contributed by atoms with Crippen LogP contribution in [-0.2, 0) is 11.2 Å². The normalized spacial score (nSPS) is 12.5. The number of rotatable bonds is 6. The monoisotopic (exact) mass is 228 g/mol. The minimum atomic E-state index is -0.560. The Hall–Kier alpha value is -1.13. The Morgan fingerprint density at radius 2 is 2.12 bits per heavy atom. The molecule has 0 aliphatic carbocycles. The summed E-state index contributed by atoms with van der Waals surface area (Å²) in [6.45, 7) is 0.269. The van der Waals surface area contributed by atoms with Crippen molar-refractivity contribution in [1.29, 1.82) is 0 Å². The molecule has 1 N–H and O–H groups in total. The van der Waals surface area contributed by atoms with Gasteiger partial charge >= 0.3 is 0 Å². The number of benzene rings is 1. The minimum Gasteiger partial charge on any atom is -0.494 e. The van der Waals surface area contributed by atoms with Gasteiger partial charge in [-0.2, -0.15) is 0 Å². The first kappa shape index (κ1) is 12.9. The maximum absolute atomic E-state index is 13.7. The van der Waals surface area contributed by atoms with Crippen molar-refractivity contribution in [2.24, 2.45) is 0 Å². The molecule has 4 heteroatoms. The lowest BCUT2D eigenvalue weighted by Crippen LogP contribution is -2.15. The van der Waals surface area contributed by atoms with E-state index in [2.05, 4.69) is 0 Å². The summed E-state index contributed by atoms with van der Waals surface area (Å²) in [5.74, 6) is -0.117. The van der Waals surface area contributed by atoms with Crippen LogP contribution >= 0.6 is 0 Å². The number of aryl methyl sites for hydroxylation is 1. The Morgan fingerprint density at radius 1 is 1.38 bits per heavy atom. The number of hydrogen-bond acceptors (Lipinski definition) is 3. The molecule has 90 valence electrons. The van der Waals surface area contributed by atoms with Crippen LogP contribution in [0.25, 0.3) is 0 Å². The smallest absolute Gasteiger partial charge is 0.168 e. The van der Waals surface area contributed by atoms with Crippen molar-refractivity contribution in [2.75, 3.05) is 20.8 Å². The van der Waals surface area contributed by atoms with Crippen molar-refractivity contribution in [3.8, 4) is 5.75 Å². The van der Waals surface area contributed by atoms with Crippen molar-refractivity contribution in [3.63, 3.8) is 0 Å². The Morgan fingerprint density at radius 3 is 2.75 bits per heavy atom. The molecule has 0 aliphatic heterocycles. The van der Waals surface area contributed by atoms with Crippen LogP contribution in [0.5, 0.6) is 5.75 Å². The van der Waals surface area contributed by atoms with Gasteiger partial charge in [-0.05, 0) is 24.5 Å². The van der Waals surface area contributed by atoms with Gasteiger partial charge in [-0.1, -0.05) is 12.1 Å². The fourth-order valence-corrected chi connectivity index (χ4v) is 1.50. The highest BCUT2D eigenvalue weighted by atomic mass is 19.1. The quantitative estimate of drug-likeness (QED) is 0.806. The lowest BCUT2D eigenvalue weighted by molar-refractivity contribution is 0.0594. The standard InChI is InChI=1S/C12H17FO3/c1-15-8-10(14)7-6-9-4-3-5-11(16-2)12(9)13/h3-5,10,14H,6-8H2,1-2H3. The summed E-state index contributed by atoms with van der Waals surface area (Å²) >= 11 is 0. The van der Waals surface area contributed by atoms with Crippen LogP contribution in [0, 0.1) is 5.82 Å². The molecule has 0 saturated carbocycles. The van der Waals surface area contributed by atoms with E-state index in [0.717, 1.165) is 0 Å². The van der Waals surface area contributed by atoms with Gasteiger partial charge in [0.05, 0.1) is 19.8 Å². The van der Waals surface area contributed by atoms with Crippen LogP contribution < -0.4 is 4.74 Å². The minimum absolute atomic E-state index is 0.235. The largest absolute Gasteiger partial charge is 0.494 e. The van der Waals surface area contributed by atoms with E-state index in [0.29, 0.717) is 18.4 Å². The number of aliphatic hydroxyl groups is 1. The van der Waals surface area contributed by atoms with Gasteiger partial charge in [-0.15, -0.1) is 0 Å². The highest BCUT2D eigenvalue weighted by molar-refractivity contribution is 5.31. The molecule has 0 radical (unpaired) electrons. The average molecular weight is 228 g/mol. The van der Waals surface area contributed by atoms with Gasteiger partial charge in [0.15, 0.2) is 11.6 Å². The lowest BCUT2D eigenvalue weighted by atomic mass is 10.1. The van der Waals surface area contributed by atoms with E-state index in [9.17, 15) is 9.50 Å². The third-order valence-corrected chi connectivity index (χ3v) is 2.37. The van der Waals surface area contributed by atoms with Gasteiger partial charge in [-0.25, -0.2) is 4.39 Å². The topological polar surface area (TPSA) is 38.7 Å². The highest BCUT2D eigenvalue weighted by Gasteiger charge is 2.10. The molecule has 0 saturated heterocycles. The maximum Gasteiger partial charge on any atom is 0.168 e. The van der Waals surface area contributed by atoms with Crippen LogP contribution in [-0.4, -0.2) is 32.0 Å². The third-order valence-electron chi connectivity index (χ3n) is 2.37. The summed E-state index contributed by atoms with van der Waals surface area (Å²) in [6.07, 6.45) is 0.376. The predicted octanol–water partition coefficient (Wildman–Crippen LogP) is 1.77. The van der Waals surface area contributed by atoms with Gasteiger partial charge in [0.25, 0.3) is 0 Å². The number of ether oxygens (including phenoxy) is 2. The first-order chi connectivity index (χ1) is 7.69. The van der Waals surface area contributed by atoms with Gasteiger partial charge in [0, 0.05) is 7.11 Å². The fraction of sp³-hybridized carbons (Fsp3) is 0.500. The van der Waals surface area contributed by atoms with E-state index >= 15 is 0 Å². The molecule has 1 rings (SSSR count). The van der Waals surface area contributed by atoms with E-state index in [-0.39, 0.29) is 18.2 Å². The number of halogens is 1. The molecule has 1 aromatic carbocycles. The van der Waals surface area contributed by atoms with Crippen molar-refractivity contribution in [2.45, 2.75) is 18.9 Å². The molecular weight excluding hydrogens is 211 g/mol. The van der Waals surface area contributed by atoms with Gasteiger partial charge in [0.2, 0.25) is 0 Å². The molecule has 0 bridgehead atoms. The molecule has 1 unspecified atom stereocenters. The first-order valence-corrected chi connectivity index (χ1v) is 5.17. The van der Waals surface area contributed by atoms with Crippen LogP contribution in [0.4, 0.5) is 4.39 Å². The van der Waals surface area contributed by atoms with Crippen molar-refractivity contribution < 1.29 is 19.0 Å².